The van der Waals surface area contributed by atoms with Gasteiger partial charge in [-0.3, -0.25) is 0 Å². The van der Waals surface area contributed by atoms with Crippen molar-refractivity contribution in [2.45, 2.75) is 38.1 Å². The minimum Gasteiger partial charge on any atom is -0.313 e. The largest absolute Gasteiger partial charge is 0.313 e. The molecule has 2 nitrogen and oxygen atoms in total. The number of hydrogen-bond donors (Lipinski definition) is 1. The summed E-state index contributed by atoms with van der Waals surface area (Å²) in [5.41, 5.74) is 0.709. The first-order valence-corrected chi connectivity index (χ1v) is 5.61. The maximum Gasteiger partial charge on any atom is 0.0124 e. The zero-order chi connectivity index (χ0) is 9.31. The molecule has 2 rings (SSSR count). The molecule has 1 unspecified atom stereocenters. The fraction of sp³-hybridized carbons (Fsp3) is 1.00. The van der Waals surface area contributed by atoms with Gasteiger partial charge in [-0.25, -0.2) is 0 Å². The van der Waals surface area contributed by atoms with Crippen LogP contribution in [0.4, 0.5) is 0 Å². The molecule has 2 aliphatic rings. The van der Waals surface area contributed by atoms with Gasteiger partial charge >= 0.3 is 0 Å². The second kappa shape index (κ2) is 3.58. The average molecular weight is 182 g/mol. The Balaban J connectivity index is 1.81. The topological polar surface area (TPSA) is 15.3 Å². The van der Waals surface area contributed by atoms with E-state index in [0.29, 0.717) is 5.41 Å². The van der Waals surface area contributed by atoms with Crippen molar-refractivity contribution in [1.82, 2.24) is 10.2 Å². The highest BCUT2D eigenvalue weighted by Crippen LogP contribution is 2.53. The van der Waals surface area contributed by atoms with Crippen LogP contribution >= 0.6 is 0 Å². The SMILES string of the molecule is CN(C)CCC1(C2CCCN2)CC1. The first-order chi connectivity index (χ1) is 6.23. The van der Waals surface area contributed by atoms with Crippen molar-refractivity contribution in [1.29, 1.82) is 0 Å². The number of rotatable bonds is 4. The van der Waals surface area contributed by atoms with E-state index in [1.165, 1.54) is 45.2 Å². The molecule has 0 aromatic rings. The van der Waals surface area contributed by atoms with Crippen molar-refractivity contribution in [3.8, 4) is 0 Å². The van der Waals surface area contributed by atoms with Crippen LogP contribution in [0.2, 0.25) is 0 Å². The normalized spacial score (nSPS) is 31.2. The fourth-order valence-electron chi connectivity index (χ4n) is 2.59. The van der Waals surface area contributed by atoms with E-state index in [9.17, 15) is 0 Å². The molecule has 1 atom stereocenters. The van der Waals surface area contributed by atoms with E-state index < -0.39 is 0 Å². The summed E-state index contributed by atoms with van der Waals surface area (Å²) in [5, 5.41) is 3.66. The molecule has 1 saturated carbocycles. The van der Waals surface area contributed by atoms with Gasteiger partial charge in [-0.2, -0.15) is 0 Å². The summed E-state index contributed by atoms with van der Waals surface area (Å²) in [5.74, 6) is 0. The molecule has 13 heavy (non-hydrogen) atoms. The maximum absolute atomic E-state index is 3.66. The second-order valence-corrected chi connectivity index (χ2v) is 5.06. The molecular weight excluding hydrogens is 160 g/mol. The molecular formula is C11H22N2. The molecule has 0 amide bonds. The second-order valence-electron chi connectivity index (χ2n) is 5.06. The van der Waals surface area contributed by atoms with E-state index in [1.807, 2.05) is 0 Å². The van der Waals surface area contributed by atoms with Crippen LogP contribution < -0.4 is 5.32 Å². The third kappa shape index (κ3) is 2.05. The highest BCUT2D eigenvalue weighted by molar-refractivity contribution is 5.03. The van der Waals surface area contributed by atoms with E-state index in [0.717, 1.165) is 6.04 Å². The minimum absolute atomic E-state index is 0.709. The number of hydrogen-bond acceptors (Lipinski definition) is 2. The molecule has 1 N–H and O–H groups in total. The van der Waals surface area contributed by atoms with Gasteiger partial charge in [-0.1, -0.05) is 0 Å². The molecule has 76 valence electrons. The lowest BCUT2D eigenvalue weighted by Crippen LogP contribution is -2.34. The van der Waals surface area contributed by atoms with E-state index >= 15 is 0 Å². The van der Waals surface area contributed by atoms with Crippen LogP contribution in [0.1, 0.15) is 32.1 Å². The molecule has 0 spiro atoms. The van der Waals surface area contributed by atoms with Crippen molar-refractivity contribution >= 4 is 0 Å². The summed E-state index contributed by atoms with van der Waals surface area (Å²) < 4.78 is 0. The summed E-state index contributed by atoms with van der Waals surface area (Å²) in [6.07, 6.45) is 7.16. The van der Waals surface area contributed by atoms with Crippen LogP contribution in [0, 0.1) is 5.41 Å². The standard InChI is InChI=1S/C11H22N2/c1-13(2)9-7-11(5-6-11)10-4-3-8-12-10/h10,12H,3-9H2,1-2H3. The minimum atomic E-state index is 0.709. The molecule has 0 radical (unpaired) electrons. The summed E-state index contributed by atoms with van der Waals surface area (Å²) in [6.45, 7) is 2.52. The Labute approximate surface area is 81.7 Å². The molecule has 0 aromatic heterocycles. The Kier molecular flexibility index (Phi) is 2.61. The van der Waals surface area contributed by atoms with Crippen LogP contribution in [0.15, 0.2) is 0 Å². The predicted octanol–water partition coefficient (Wildman–Crippen LogP) is 1.47. The highest BCUT2D eigenvalue weighted by Gasteiger charge is 2.49. The van der Waals surface area contributed by atoms with Crippen LogP contribution in [0.3, 0.4) is 0 Å². The number of nitrogens with one attached hydrogen (secondary N) is 1. The van der Waals surface area contributed by atoms with Gasteiger partial charge < -0.3 is 10.2 Å². The lowest BCUT2D eigenvalue weighted by Gasteiger charge is -2.24. The van der Waals surface area contributed by atoms with Gasteiger partial charge in [-0.05, 0) is 64.7 Å². The Morgan fingerprint density at radius 1 is 1.38 bits per heavy atom. The van der Waals surface area contributed by atoms with Crippen LogP contribution in [-0.2, 0) is 0 Å². The molecule has 1 heterocycles. The van der Waals surface area contributed by atoms with Gasteiger partial charge in [0.05, 0.1) is 0 Å². The Morgan fingerprint density at radius 3 is 2.62 bits per heavy atom. The molecule has 1 aliphatic carbocycles. The van der Waals surface area contributed by atoms with E-state index in [-0.39, 0.29) is 0 Å². The van der Waals surface area contributed by atoms with Crippen molar-refractivity contribution in [3.05, 3.63) is 0 Å². The lowest BCUT2D eigenvalue weighted by atomic mass is 9.91. The first kappa shape index (κ1) is 9.47. The molecule has 2 fully saturated rings. The van der Waals surface area contributed by atoms with Crippen molar-refractivity contribution in [2.24, 2.45) is 5.41 Å². The monoisotopic (exact) mass is 182 g/mol. The predicted molar refractivity (Wildman–Crippen MR) is 55.9 cm³/mol. The lowest BCUT2D eigenvalue weighted by molar-refractivity contribution is 0.286. The van der Waals surface area contributed by atoms with E-state index in [4.69, 9.17) is 0 Å². The fourth-order valence-corrected chi connectivity index (χ4v) is 2.59. The van der Waals surface area contributed by atoms with Gasteiger partial charge in [0.1, 0.15) is 0 Å². The van der Waals surface area contributed by atoms with E-state index in [2.05, 4.69) is 24.3 Å². The molecule has 0 bridgehead atoms. The quantitative estimate of drug-likeness (QED) is 0.708. The smallest absolute Gasteiger partial charge is 0.0124 e. The van der Waals surface area contributed by atoms with Gasteiger partial charge in [0, 0.05) is 6.04 Å². The first-order valence-electron chi connectivity index (χ1n) is 5.61. The van der Waals surface area contributed by atoms with Crippen LogP contribution in [0.5, 0.6) is 0 Å². The van der Waals surface area contributed by atoms with Crippen molar-refractivity contribution in [2.75, 3.05) is 27.2 Å². The summed E-state index contributed by atoms with van der Waals surface area (Å²) in [7, 11) is 4.36. The van der Waals surface area contributed by atoms with Crippen molar-refractivity contribution in [3.63, 3.8) is 0 Å². The molecule has 1 saturated heterocycles. The van der Waals surface area contributed by atoms with Crippen LogP contribution in [0.25, 0.3) is 0 Å². The zero-order valence-corrected chi connectivity index (χ0v) is 8.97. The van der Waals surface area contributed by atoms with Gasteiger partial charge in [-0.15, -0.1) is 0 Å². The van der Waals surface area contributed by atoms with Gasteiger partial charge in [0.2, 0.25) is 0 Å². The Morgan fingerprint density at radius 2 is 2.15 bits per heavy atom. The third-order valence-electron chi connectivity index (χ3n) is 3.75. The summed E-state index contributed by atoms with van der Waals surface area (Å²) in [4.78, 5) is 2.31. The Hall–Kier alpha value is -0.0800. The van der Waals surface area contributed by atoms with Crippen LogP contribution in [-0.4, -0.2) is 38.1 Å². The Bertz CT molecular complexity index is 167. The van der Waals surface area contributed by atoms with Crippen molar-refractivity contribution < 1.29 is 0 Å². The average Bonchev–Trinajstić information content (AvgIpc) is 2.68. The highest BCUT2D eigenvalue weighted by atomic mass is 15.1. The number of nitrogens with zero attached hydrogens (tertiary/aromatic N) is 1. The zero-order valence-electron chi connectivity index (χ0n) is 8.97. The summed E-state index contributed by atoms with van der Waals surface area (Å²) in [6, 6.07) is 0.854. The van der Waals surface area contributed by atoms with E-state index in [1.54, 1.807) is 0 Å². The van der Waals surface area contributed by atoms with Gasteiger partial charge in [0.15, 0.2) is 0 Å². The van der Waals surface area contributed by atoms with Gasteiger partial charge in [0.25, 0.3) is 0 Å². The molecule has 1 aliphatic heterocycles. The third-order valence-corrected chi connectivity index (χ3v) is 3.75. The molecule has 0 aromatic carbocycles. The summed E-state index contributed by atoms with van der Waals surface area (Å²) >= 11 is 0. The molecule has 2 heteroatoms. The maximum atomic E-state index is 3.66.